The van der Waals surface area contributed by atoms with Gasteiger partial charge in [0.05, 0.1) is 7.11 Å². The van der Waals surface area contributed by atoms with E-state index in [1.54, 1.807) is 18.2 Å². The molecule has 0 bridgehead atoms. The van der Waals surface area contributed by atoms with Crippen LogP contribution >= 0.6 is 0 Å². The van der Waals surface area contributed by atoms with E-state index in [1.165, 1.54) is 12.0 Å². The predicted molar refractivity (Wildman–Crippen MR) is 77.6 cm³/mol. The normalized spacial score (nSPS) is 30.1. The molecule has 0 aromatic heterocycles. The molecule has 0 N–H and O–H groups in total. The number of amides is 1. The zero-order valence-corrected chi connectivity index (χ0v) is 12.8. The van der Waals surface area contributed by atoms with Crippen LogP contribution in [0.2, 0.25) is 0 Å². The molecule has 23 heavy (non-hydrogen) atoms. The van der Waals surface area contributed by atoms with E-state index in [9.17, 15) is 18.4 Å². The molecule has 2 saturated carbocycles. The van der Waals surface area contributed by atoms with Crippen LogP contribution in [0.3, 0.4) is 0 Å². The van der Waals surface area contributed by atoms with Gasteiger partial charge in [-0.15, -0.1) is 0 Å². The number of ether oxygens (including phenoxy) is 1. The predicted octanol–water partition coefficient (Wildman–Crippen LogP) is 2.25. The molecule has 2 atom stereocenters. The van der Waals surface area contributed by atoms with Crippen LogP contribution in [0.5, 0.6) is 0 Å². The highest BCUT2D eigenvalue weighted by Gasteiger charge is 2.61. The quantitative estimate of drug-likeness (QED) is 0.802. The number of carbonyl (C=O) groups excluding carboxylic acids is 2. The van der Waals surface area contributed by atoms with Gasteiger partial charge in [-0.25, -0.2) is 8.78 Å². The SMILES string of the molecule is COC(=O)CN1C[C@@]2(CC2F)c2cc(C3(F)CC3)ccc2C1=O. The Morgan fingerprint density at radius 1 is 1.43 bits per heavy atom. The van der Waals surface area contributed by atoms with E-state index in [0.29, 0.717) is 36.0 Å². The van der Waals surface area contributed by atoms with Gasteiger partial charge in [-0.05, 0) is 36.5 Å². The second-order valence-electron chi connectivity index (χ2n) is 6.79. The van der Waals surface area contributed by atoms with Gasteiger partial charge in [0.15, 0.2) is 0 Å². The van der Waals surface area contributed by atoms with Crippen molar-refractivity contribution in [2.45, 2.75) is 36.5 Å². The van der Waals surface area contributed by atoms with Crippen LogP contribution in [0.1, 0.15) is 40.7 Å². The molecule has 1 amide bonds. The molecule has 1 heterocycles. The summed E-state index contributed by atoms with van der Waals surface area (Å²) in [7, 11) is 1.25. The lowest BCUT2D eigenvalue weighted by molar-refractivity contribution is -0.141. The molecular weight excluding hydrogens is 304 g/mol. The average molecular weight is 321 g/mol. The summed E-state index contributed by atoms with van der Waals surface area (Å²) in [6.45, 7) is -0.0596. The molecule has 6 heteroatoms. The second kappa shape index (κ2) is 4.52. The summed E-state index contributed by atoms with van der Waals surface area (Å²) >= 11 is 0. The van der Waals surface area contributed by atoms with E-state index in [1.807, 2.05) is 0 Å². The third-order valence-electron chi connectivity index (χ3n) is 5.28. The van der Waals surface area contributed by atoms with Gasteiger partial charge in [0.25, 0.3) is 5.91 Å². The monoisotopic (exact) mass is 321 g/mol. The van der Waals surface area contributed by atoms with Gasteiger partial charge in [0, 0.05) is 17.5 Å². The van der Waals surface area contributed by atoms with Crippen LogP contribution in [0, 0.1) is 0 Å². The number of hydrogen-bond donors (Lipinski definition) is 0. The fraction of sp³-hybridized carbons (Fsp3) is 0.529. The Bertz CT molecular complexity index is 716. The second-order valence-corrected chi connectivity index (χ2v) is 6.79. The van der Waals surface area contributed by atoms with Gasteiger partial charge in [-0.2, -0.15) is 0 Å². The molecule has 3 aliphatic rings. The Labute approximate surface area is 132 Å². The summed E-state index contributed by atoms with van der Waals surface area (Å²) in [6.07, 6.45) is 0.174. The number of benzene rings is 1. The van der Waals surface area contributed by atoms with Gasteiger partial charge in [-0.1, -0.05) is 12.1 Å². The molecule has 2 fully saturated rings. The first-order chi connectivity index (χ1) is 10.9. The van der Waals surface area contributed by atoms with Crippen molar-refractivity contribution in [1.29, 1.82) is 0 Å². The smallest absolute Gasteiger partial charge is 0.325 e. The molecule has 2 aliphatic carbocycles. The first kappa shape index (κ1) is 14.6. The third-order valence-corrected chi connectivity index (χ3v) is 5.28. The average Bonchev–Trinajstić information content (AvgIpc) is 3.43. The van der Waals surface area contributed by atoms with Crippen molar-refractivity contribution in [3.05, 3.63) is 34.9 Å². The highest BCUT2D eigenvalue weighted by Crippen LogP contribution is 2.56. The van der Waals surface area contributed by atoms with Gasteiger partial charge in [0.1, 0.15) is 18.4 Å². The maximum absolute atomic E-state index is 14.3. The van der Waals surface area contributed by atoms with Gasteiger partial charge in [-0.3, -0.25) is 9.59 Å². The lowest BCUT2D eigenvalue weighted by Gasteiger charge is -2.34. The molecular formula is C17H17F2NO3. The molecule has 1 aromatic rings. The maximum Gasteiger partial charge on any atom is 0.325 e. The summed E-state index contributed by atoms with van der Waals surface area (Å²) < 4.78 is 33.1. The summed E-state index contributed by atoms with van der Waals surface area (Å²) in [6, 6.07) is 4.84. The zero-order valence-electron chi connectivity index (χ0n) is 12.8. The number of methoxy groups -OCH3 is 1. The van der Waals surface area contributed by atoms with Crippen LogP contribution in [-0.4, -0.2) is 43.1 Å². The number of alkyl halides is 2. The largest absolute Gasteiger partial charge is 0.468 e. The standard InChI is InChI=1S/C17H17F2NO3/c1-23-14(21)8-20-9-16(7-13(16)18)12-6-10(17(19)4-5-17)2-3-11(12)15(20)22/h2-3,6,13H,4-5,7-9H2,1H3/t13?,16-/m0/s1. The number of halogens is 2. The molecule has 4 nitrogen and oxygen atoms in total. The van der Waals surface area contributed by atoms with Crippen molar-refractivity contribution in [3.63, 3.8) is 0 Å². The number of rotatable bonds is 3. The fourth-order valence-corrected chi connectivity index (χ4v) is 3.54. The first-order valence-corrected chi connectivity index (χ1v) is 7.74. The molecule has 1 unspecified atom stereocenters. The van der Waals surface area contributed by atoms with Crippen LogP contribution in [-0.2, 0) is 20.6 Å². The summed E-state index contributed by atoms with van der Waals surface area (Å²) in [5.41, 5.74) is -0.614. The number of hydrogen-bond acceptors (Lipinski definition) is 3. The molecule has 1 aromatic carbocycles. The Morgan fingerprint density at radius 2 is 2.13 bits per heavy atom. The summed E-state index contributed by atoms with van der Waals surface area (Å²) in [5.74, 6) is -0.865. The molecule has 1 aliphatic heterocycles. The van der Waals surface area contributed by atoms with Crippen molar-refractivity contribution in [3.8, 4) is 0 Å². The fourth-order valence-electron chi connectivity index (χ4n) is 3.54. The van der Waals surface area contributed by atoms with Gasteiger partial charge in [0.2, 0.25) is 0 Å². The van der Waals surface area contributed by atoms with Crippen molar-refractivity contribution in [2.75, 3.05) is 20.2 Å². The Balaban J connectivity index is 1.74. The summed E-state index contributed by atoms with van der Waals surface area (Å²) in [4.78, 5) is 25.4. The molecule has 0 radical (unpaired) electrons. The number of carbonyl (C=O) groups is 2. The minimum atomic E-state index is -1.32. The van der Waals surface area contributed by atoms with E-state index < -0.39 is 23.2 Å². The lowest BCUT2D eigenvalue weighted by Crippen LogP contribution is -2.47. The molecule has 4 rings (SSSR count). The first-order valence-electron chi connectivity index (χ1n) is 7.74. The van der Waals surface area contributed by atoms with Gasteiger partial charge < -0.3 is 9.64 Å². The highest BCUT2D eigenvalue weighted by atomic mass is 19.1. The van der Waals surface area contributed by atoms with Crippen molar-refractivity contribution in [1.82, 2.24) is 4.90 Å². The number of esters is 1. The van der Waals surface area contributed by atoms with E-state index in [-0.39, 0.29) is 19.0 Å². The van der Waals surface area contributed by atoms with Crippen LogP contribution in [0.15, 0.2) is 18.2 Å². The molecule has 122 valence electrons. The minimum Gasteiger partial charge on any atom is -0.468 e. The van der Waals surface area contributed by atoms with Crippen molar-refractivity contribution in [2.24, 2.45) is 0 Å². The van der Waals surface area contributed by atoms with Crippen LogP contribution in [0.25, 0.3) is 0 Å². The topological polar surface area (TPSA) is 46.6 Å². The van der Waals surface area contributed by atoms with Crippen LogP contribution in [0.4, 0.5) is 8.78 Å². The number of nitrogens with zero attached hydrogens (tertiary/aromatic N) is 1. The van der Waals surface area contributed by atoms with E-state index in [0.717, 1.165) is 0 Å². The minimum absolute atomic E-state index is 0.137. The Hall–Kier alpha value is -1.98. The summed E-state index contributed by atoms with van der Waals surface area (Å²) in [5, 5.41) is 0. The number of fused-ring (bicyclic) bond motifs is 2. The molecule has 0 saturated heterocycles. The van der Waals surface area contributed by atoms with E-state index in [2.05, 4.69) is 4.74 Å². The highest BCUT2D eigenvalue weighted by molar-refractivity contribution is 5.99. The zero-order chi connectivity index (χ0) is 16.4. The third kappa shape index (κ3) is 2.07. The van der Waals surface area contributed by atoms with E-state index >= 15 is 0 Å². The molecule has 1 spiro atoms. The van der Waals surface area contributed by atoms with Gasteiger partial charge >= 0.3 is 5.97 Å². The Kier molecular flexibility index (Phi) is 2.87. The van der Waals surface area contributed by atoms with E-state index in [4.69, 9.17) is 0 Å². The van der Waals surface area contributed by atoms with Crippen molar-refractivity contribution >= 4 is 11.9 Å². The lowest BCUT2D eigenvalue weighted by atomic mass is 9.84. The van der Waals surface area contributed by atoms with Crippen LogP contribution < -0.4 is 0 Å². The Morgan fingerprint density at radius 3 is 2.70 bits per heavy atom. The maximum atomic E-state index is 14.3. The van der Waals surface area contributed by atoms with Crippen molar-refractivity contribution < 1.29 is 23.1 Å².